The van der Waals surface area contributed by atoms with Crippen LogP contribution in [0.15, 0.2) is 48.5 Å². The number of nitrogens with two attached hydrogens (primary N) is 2. The topological polar surface area (TPSA) is 111 Å². The van der Waals surface area contributed by atoms with E-state index in [1.165, 1.54) is 9.34 Å². The van der Waals surface area contributed by atoms with Crippen LogP contribution in [-0.2, 0) is 9.13 Å². The molecule has 0 aliphatic carbocycles. The highest BCUT2D eigenvalue weighted by molar-refractivity contribution is 7.54. The van der Waals surface area contributed by atoms with Gasteiger partial charge in [-0.05, 0) is 59.4 Å². The molecule has 0 amide bonds. The molecule has 14 heteroatoms. The number of benzene rings is 2. The van der Waals surface area contributed by atoms with Gasteiger partial charge in [0.05, 0.1) is 0 Å². The van der Waals surface area contributed by atoms with Crippen LogP contribution in [0.1, 0.15) is 37.8 Å². The highest BCUT2D eigenvalue weighted by Crippen LogP contribution is 2.45. The molecule has 2 aromatic carbocycles. The van der Waals surface area contributed by atoms with Crippen LogP contribution < -0.4 is 20.1 Å². The molecule has 2 atom stereocenters. The van der Waals surface area contributed by atoms with Crippen molar-refractivity contribution in [3.05, 3.63) is 59.7 Å². The van der Waals surface area contributed by atoms with Crippen LogP contribution in [-0.4, -0.2) is 59.0 Å². The maximum atomic E-state index is 13.0. The van der Waals surface area contributed by atoms with Crippen LogP contribution in [0.3, 0.4) is 0 Å². The first-order valence-corrected chi connectivity index (χ1v) is 18.3. The minimum atomic E-state index is -3.61. The maximum Gasteiger partial charge on any atom is 0.390 e. The Morgan fingerprint density at radius 1 is 0.625 bits per heavy atom. The summed E-state index contributed by atoms with van der Waals surface area (Å²) >= 11 is 23.3. The lowest BCUT2D eigenvalue weighted by atomic mass is 9.91. The highest BCUT2D eigenvalue weighted by atomic mass is 35.5. The van der Waals surface area contributed by atoms with Crippen molar-refractivity contribution in [1.82, 2.24) is 9.34 Å². The Balaban J connectivity index is 2.28. The Bertz CT molecular complexity index is 1080. The highest BCUT2D eigenvalue weighted by Gasteiger charge is 2.29. The van der Waals surface area contributed by atoms with Gasteiger partial charge in [-0.15, -0.1) is 46.4 Å². The average Bonchev–Trinajstić information content (AvgIpc) is 2.92. The minimum Gasteiger partial charge on any atom is -0.422 e. The molecule has 0 bridgehead atoms. The second-order valence-corrected chi connectivity index (χ2v) is 14.0. The Hall–Kier alpha value is -0.760. The molecule has 0 aliphatic rings. The standard InChI is InChI=1S/C26H38Cl4N4O4P2/c1-3-25(21-5-9-23(10-6-21)37-39(31,35)33(17-13-27)18-14-28)26(4-2)22-7-11-24(12-8-22)38-40(32,36)34(19-15-29)20-16-30/h5-12H,3-4,13-20H2,1-2H3,(H2,31,35)(H2,32,36)/b26-25-/t39-,40-/m0/s1. The number of rotatable bonds is 18. The zero-order valence-corrected chi connectivity index (χ0v) is 27.6. The summed E-state index contributed by atoms with van der Waals surface area (Å²) in [6.07, 6.45) is 1.56. The van der Waals surface area contributed by atoms with Crippen LogP contribution in [0.5, 0.6) is 11.5 Å². The number of allylic oxidation sites excluding steroid dienone is 2. The molecule has 0 radical (unpaired) electrons. The fourth-order valence-electron chi connectivity index (χ4n) is 4.21. The van der Waals surface area contributed by atoms with Crippen LogP contribution in [0, 0.1) is 0 Å². The first kappa shape index (κ1) is 35.4. The second kappa shape index (κ2) is 17.4. The van der Waals surface area contributed by atoms with Crippen molar-refractivity contribution in [2.45, 2.75) is 26.7 Å². The first-order chi connectivity index (χ1) is 19.1. The molecule has 0 saturated heterocycles. The van der Waals surface area contributed by atoms with Gasteiger partial charge < -0.3 is 9.05 Å². The maximum absolute atomic E-state index is 13.0. The van der Waals surface area contributed by atoms with E-state index in [0.717, 1.165) is 35.1 Å². The molecule has 8 nitrogen and oxygen atoms in total. The molecule has 0 unspecified atom stereocenters. The number of hydrogen-bond acceptors (Lipinski definition) is 4. The molecule has 0 spiro atoms. The van der Waals surface area contributed by atoms with Gasteiger partial charge in [0, 0.05) is 49.7 Å². The monoisotopic (exact) mass is 672 g/mol. The Kier molecular flexibility index (Phi) is 15.4. The number of halogens is 4. The summed E-state index contributed by atoms with van der Waals surface area (Å²) in [6, 6.07) is 14.7. The van der Waals surface area contributed by atoms with Gasteiger partial charge in [0.2, 0.25) is 0 Å². The third-order valence-electron chi connectivity index (χ3n) is 6.11. The lowest BCUT2D eigenvalue weighted by Gasteiger charge is -2.27. The van der Waals surface area contributed by atoms with Crippen LogP contribution in [0.2, 0.25) is 0 Å². The summed E-state index contributed by atoms with van der Waals surface area (Å²) in [5.41, 5.74) is 16.3. The van der Waals surface area contributed by atoms with E-state index in [1.54, 1.807) is 24.3 Å². The molecule has 224 valence electrons. The van der Waals surface area contributed by atoms with Crippen LogP contribution in [0.4, 0.5) is 0 Å². The smallest absolute Gasteiger partial charge is 0.390 e. The SMILES string of the molecule is CC/C(=C(\CC)c1ccc(O[P@](N)(=O)N(CCCl)CCCl)cc1)c1ccc(O[P@](N)(=O)N(CCCl)CCCl)cc1. The zero-order valence-electron chi connectivity index (χ0n) is 22.8. The minimum absolute atomic E-state index is 0.254. The van der Waals surface area contributed by atoms with E-state index in [0.29, 0.717) is 37.7 Å². The molecular formula is C26H38Cl4N4O4P2. The van der Waals surface area contributed by atoms with E-state index in [9.17, 15) is 9.13 Å². The first-order valence-electron chi connectivity index (χ1n) is 12.9. The Labute approximate surface area is 258 Å². The van der Waals surface area contributed by atoms with Crippen molar-refractivity contribution in [2.24, 2.45) is 11.0 Å². The molecule has 0 aromatic heterocycles. The fourth-order valence-corrected chi connectivity index (χ4v) is 8.09. The second-order valence-electron chi connectivity index (χ2n) is 8.69. The summed E-state index contributed by atoms with van der Waals surface area (Å²) in [5.74, 6) is 1.80. The predicted octanol–water partition coefficient (Wildman–Crippen LogP) is 7.87. The van der Waals surface area contributed by atoms with Gasteiger partial charge in [-0.1, -0.05) is 38.1 Å². The van der Waals surface area contributed by atoms with Crippen molar-refractivity contribution in [2.75, 3.05) is 49.7 Å². The molecule has 40 heavy (non-hydrogen) atoms. The van der Waals surface area contributed by atoms with Gasteiger partial charge in [-0.2, -0.15) is 0 Å². The fraction of sp³-hybridized carbons (Fsp3) is 0.462. The van der Waals surface area contributed by atoms with Crippen LogP contribution in [0.25, 0.3) is 11.1 Å². The molecule has 0 saturated carbocycles. The molecule has 4 N–H and O–H groups in total. The van der Waals surface area contributed by atoms with Crippen molar-refractivity contribution in [3.8, 4) is 11.5 Å². The normalized spacial score (nSPS) is 15.4. The van der Waals surface area contributed by atoms with E-state index < -0.39 is 15.3 Å². The van der Waals surface area contributed by atoms with E-state index in [4.69, 9.17) is 66.5 Å². The molecular weight excluding hydrogens is 636 g/mol. The van der Waals surface area contributed by atoms with E-state index in [1.807, 2.05) is 24.3 Å². The molecule has 2 rings (SSSR count). The number of nitrogens with zero attached hydrogens (tertiary/aromatic N) is 2. The molecule has 0 fully saturated rings. The van der Waals surface area contributed by atoms with Crippen molar-refractivity contribution < 1.29 is 18.2 Å². The molecule has 2 aromatic rings. The van der Waals surface area contributed by atoms with E-state index >= 15 is 0 Å². The molecule has 0 aliphatic heterocycles. The van der Waals surface area contributed by atoms with E-state index in [2.05, 4.69) is 13.8 Å². The lowest BCUT2D eigenvalue weighted by molar-refractivity contribution is 0.372. The van der Waals surface area contributed by atoms with Crippen LogP contribution >= 0.6 is 61.7 Å². The van der Waals surface area contributed by atoms with Crippen molar-refractivity contribution in [1.29, 1.82) is 0 Å². The average molecular weight is 674 g/mol. The van der Waals surface area contributed by atoms with Crippen molar-refractivity contribution >= 4 is 72.9 Å². The van der Waals surface area contributed by atoms with Gasteiger partial charge in [0.15, 0.2) is 0 Å². The van der Waals surface area contributed by atoms with E-state index in [-0.39, 0.29) is 23.5 Å². The summed E-state index contributed by atoms with van der Waals surface area (Å²) in [4.78, 5) is 0. The van der Waals surface area contributed by atoms with Gasteiger partial charge in [0.1, 0.15) is 11.5 Å². The quantitative estimate of drug-likeness (QED) is 0.0935. The van der Waals surface area contributed by atoms with Gasteiger partial charge in [0.25, 0.3) is 0 Å². The Morgan fingerprint density at radius 2 is 0.900 bits per heavy atom. The Morgan fingerprint density at radius 3 is 1.12 bits per heavy atom. The summed E-state index contributed by atoms with van der Waals surface area (Å²) in [7, 11) is -7.23. The lowest BCUT2D eigenvalue weighted by Crippen LogP contribution is -2.30. The third kappa shape index (κ3) is 10.2. The van der Waals surface area contributed by atoms with Gasteiger partial charge in [-0.3, -0.25) is 0 Å². The number of alkyl halides is 4. The summed E-state index contributed by atoms with van der Waals surface area (Å²) in [6.45, 7) is 5.38. The predicted molar refractivity (Wildman–Crippen MR) is 171 cm³/mol. The third-order valence-corrected chi connectivity index (χ3v) is 10.1. The summed E-state index contributed by atoms with van der Waals surface area (Å²) in [5, 5.41) is 0. The largest absolute Gasteiger partial charge is 0.422 e. The molecule has 0 heterocycles. The van der Waals surface area contributed by atoms with Gasteiger partial charge >= 0.3 is 15.3 Å². The summed E-state index contributed by atoms with van der Waals surface area (Å²) < 4.78 is 40.3. The zero-order chi connectivity index (χ0) is 29.8. The number of hydrogen-bond donors (Lipinski definition) is 2. The van der Waals surface area contributed by atoms with Crippen molar-refractivity contribution in [3.63, 3.8) is 0 Å². The van der Waals surface area contributed by atoms with Gasteiger partial charge in [-0.25, -0.2) is 29.5 Å².